The van der Waals surface area contributed by atoms with Crippen LogP contribution in [0.3, 0.4) is 0 Å². The maximum Gasteiger partial charge on any atom is 0.248 e. The Morgan fingerprint density at radius 2 is 2.13 bits per heavy atom. The fourth-order valence-electron chi connectivity index (χ4n) is 2.15. The monoisotopic (exact) mass is 319 g/mol. The van der Waals surface area contributed by atoms with Gasteiger partial charge < -0.3 is 15.2 Å². The second kappa shape index (κ2) is 8.26. The van der Waals surface area contributed by atoms with E-state index >= 15 is 0 Å². The van der Waals surface area contributed by atoms with E-state index in [1.165, 1.54) is 6.07 Å². The van der Waals surface area contributed by atoms with E-state index in [0.29, 0.717) is 30.8 Å². The van der Waals surface area contributed by atoms with Crippen molar-refractivity contribution in [3.8, 4) is 0 Å². The minimum atomic E-state index is -0.205. The summed E-state index contributed by atoms with van der Waals surface area (Å²) in [6.45, 7) is 7.45. The molecule has 0 aliphatic rings. The highest BCUT2D eigenvalue weighted by Gasteiger charge is 2.04. The number of halogens is 1. The molecule has 0 unspecified atom stereocenters. The van der Waals surface area contributed by atoms with E-state index in [1.54, 1.807) is 13.0 Å². The lowest BCUT2D eigenvalue weighted by Gasteiger charge is -2.11. The number of guanidine groups is 1. The zero-order valence-corrected chi connectivity index (χ0v) is 13.7. The Labute approximate surface area is 135 Å². The summed E-state index contributed by atoms with van der Waals surface area (Å²) in [7, 11) is 0. The van der Waals surface area contributed by atoms with Gasteiger partial charge in [-0.15, -0.1) is 0 Å². The number of aryl methyl sites for hydroxylation is 2. The molecule has 124 valence electrons. The first-order valence-electron chi connectivity index (χ1n) is 7.65. The normalized spacial score (nSPS) is 11.6. The number of aromatic nitrogens is 2. The predicted octanol–water partition coefficient (Wildman–Crippen LogP) is 2.12. The van der Waals surface area contributed by atoms with Crippen LogP contribution in [0.15, 0.2) is 27.7 Å². The van der Waals surface area contributed by atoms with Gasteiger partial charge in [-0.2, -0.15) is 4.98 Å². The van der Waals surface area contributed by atoms with Gasteiger partial charge in [-0.3, -0.25) is 0 Å². The Morgan fingerprint density at radius 3 is 2.78 bits per heavy atom. The van der Waals surface area contributed by atoms with Gasteiger partial charge >= 0.3 is 0 Å². The zero-order valence-electron chi connectivity index (χ0n) is 13.7. The van der Waals surface area contributed by atoms with Crippen molar-refractivity contribution in [1.82, 2.24) is 20.8 Å². The lowest BCUT2D eigenvalue weighted by Crippen LogP contribution is -2.38. The summed E-state index contributed by atoms with van der Waals surface area (Å²) in [5.41, 5.74) is 2.07. The maximum atomic E-state index is 13.1. The van der Waals surface area contributed by atoms with Crippen molar-refractivity contribution in [1.29, 1.82) is 0 Å². The number of rotatable bonds is 6. The molecule has 2 N–H and O–H groups in total. The molecule has 0 saturated heterocycles. The van der Waals surface area contributed by atoms with Gasteiger partial charge in [0.15, 0.2) is 11.8 Å². The Kier molecular flexibility index (Phi) is 6.08. The Morgan fingerprint density at radius 1 is 1.30 bits per heavy atom. The van der Waals surface area contributed by atoms with E-state index in [-0.39, 0.29) is 5.82 Å². The lowest BCUT2D eigenvalue weighted by molar-refractivity contribution is 0.376. The number of nitrogens with one attached hydrogen (secondary N) is 2. The van der Waals surface area contributed by atoms with Crippen LogP contribution in [0.4, 0.5) is 4.39 Å². The quantitative estimate of drug-likeness (QED) is 0.630. The average molecular weight is 319 g/mol. The van der Waals surface area contributed by atoms with Gasteiger partial charge in [-0.05, 0) is 50.5 Å². The first kappa shape index (κ1) is 16.9. The van der Waals surface area contributed by atoms with E-state index in [4.69, 9.17) is 4.52 Å². The summed E-state index contributed by atoms with van der Waals surface area (Å²) in [5, 5.41) is 10.1. The first-order valence-corrected chi connectivity index (χ1v) is 7.65. The summed E-state index contributed by atoms with van der Waals surface area (Å²) in [6, 6.07) is 4.85. The van der Waals surface area contributed by atoms with E-state index in [9.17, 15) is 4.39 Å². The zero-order chi connectivity index (χ0) is 16.7. The molecule has 1 aromatic heterocycles. The molecule has 1 aromatic carbocycles. The summed E-state index contributed by atoms with van der Waals surface area (Å²) in [4.78, 5) is 8.52. The molecule has 0 aliphatic carbocycles. The molecule has 0 radical (unpaired) electrons. The minimum Gasteiger partial charge on any atom is -0.357 e. The average Bonchev–Trinajstić information content (AvgIpc) is 2.92. The third-order valence-corrected chi connectivity index (χ3v) is 3.28. The van der Waals surface area contributed by atoms with Crippen LogP contribution in [0.5, 0.6) is 0 Å². The summed E-state index contributed by atoms with van der Waals surface area (Å²) >= 11 is 0. The van der Waals surface area contributed by atoms with Crippen molar-refractivity contribution in [2.24, 2.45) is 4.99 Å². The standard InChI is InChI=1S/C16H22FN5O/c1-4-18-16(20-10-15-21-12(3)22-23-15)19-8-7-13-5-6-14(17)9-11(13)2/h5-6,9H,4,7-8,10H2,1-3H3,(H2,18,19,20). The summed E-state index contributed by atoms with van der Waals surface area (Å²) in [6.07, 6.45) is 0.788. The van der Waals surface area contributed by atoms with Crippen molar-refractivity contribution in [3.63, 3.8) is 0 Å². The van der Waals surface area contributed by atoms with E-state index < -0.39 is 0 Å². The van der Waals surface area contributed by atoms with E-state index in [1.807, 2.05) is 19.9 Å². The van der Waals surface area contributed by atoms with Crippen LogP contribution < -0.4 is 10.6 Å². The molecule has 0 amide bonds. The third-order valence-electron chi connectivity index (χ3n) is 3.28. The van der Waals surface area contributed by atoms with Crippen molar-refractivity contribution in [3.05, 3.63) is 46.9 Å². The fraction of sp³-hybridized carbons (Fsp3) is 0.438. The third kappa shape index (κ3) is 5.36. The molecule has 0 atom stereocenters. The van der Waals surface area contributed by atoms with Crippen molar-refractivity contribution in [2.45, 2.75) is 33.7 Å². The van der Waals surface area contributed by atoms with Gasteiger partial charge in [0.25, 0.3) is 0 Å². The molecular formula is C16H22FN5O. The molecule has 2 aromatic rings. The molecule has 7 heteroatoms. The second-order valence-electron chi connectivity index (χ2n) is 5.18. The van der Waals surface area contributed by atoms with Crippen LogP contribution in [0.1, 0.15) is 29.8 Å². The van der Waals surface area contributed by atoms with Gasteiger partial charge in [0, 0.05) is 13.1 Å². The smallest absolute Gasteiger partial charge is 0.248 e. The molecule has 0 spiro atoms. The molecule has 6 nitrogen and oxygen atoms in total. The number of benzene rings is 1. The first-order chi connectivity index (χ1) is 11.1. The topological polar surface area (TPSA) is 75.3 Å². The molecule has 0 bridgehead atoms. The van der Waals surface area contributed by atoms with Gasteiger partial charge in [0.05, 0.1) is 0 Å². The Hall–Kier alpha value is -2.44. The highest BCUT2D eigenvalue weighted by atomic mass is 19.1. The molecular weight excluding hydrogens is 297 g/mol. The van der Waals surface area contributed by atoms with E-state index in [0.717, 1.165) is 24.1 Å². The highest BCUT2D eigenvalue weighted by molar-refractivity contribution is 5.79. The summed E-state index contributed by atoms with van der Waals surface area (Å²) in [5.74, 6) is 1.56. The predicted molar refractivity (Wildman–Crippen MR) is 86.7 cm³/mol. The SMILES string of the molecule is CCNC(=NCc1nc(C)no1)NCCc1ccc(F)cc1C. The van der Waals surface area contributed by atoms with Crippen LogP contribution >= 0.6 is 0 Å². The lowest BCUT2D eigenvalue weighted by atomic mass is 10.1. The van der Waals surface area contributed by atoms with Crippen molar-refractivity contribution in [2.75, 3.05) is 13.1 Å². The van der Waals surface area contributed by atoms with Crippen LogP contribution in [0, 0.1) is 19.7 Å². The number of hydrogen-bond donors (Lipinski definition) is 2. The van der Waals surface area contributed by atoms with Crippen LogP contribution in [0.2, 0.25) is 0 Å². The van der Waals surface area contributed by atoms with Crippen molar-refractivity contribution >= 4 is 5.96 Å². The summed E-state index contributed by atoms with van der Waals surface area (Å²) < 4.78 is 18.1. The molecule has 23 heavy (non-hydrogen) atoms. The number of aliphatic imine (C=N–C) groups is 1. The second-order valence-corrected chi connectivity index (χ2v) is 5.18. The highest BCUT2D eigenvalue weighted by Crippen LogP contribution is 2.10. The van der Waals surface area contributed by atoms with Gasteiger partial charge in [-0.1, -0.05) is 11.2 Å². The molecule has 0 aliphatic heterocycles. The number of nitrogens with zero attached hydrogens (tertiary/aromatic N) is 3. The number of hydrogen-bond acceptors (Lipinski definition) is 4. The Balaban J connectivity index is 1.88. The van der Waals surface area contributed by atoms with E-state index in [2.05, 4.69) is 25.8 Å². The Bertz CT molecular complexity index is 668. The largest absolute Gasteiger partial charge is 0.357 e. The van der Waals surface area contributed by atoms with Crippen molar-refractivity contribution < 1.29 is 8.91 Å². The molecule has 0 fully saturated rings. The van der Waals surface area contributed by atoms with Crippen LogP contribution in [-0.2, 0) is 13.0 Å². The minimum absolute atomic E-state index is 0.205. The molecule has 1 heterocycles. The van der Waals surface area contributed by atoms with Crippen LogP contribution in [-0.4, -0.2) is 29.2 Å². The molecule has 2 rings (SSSR count). The van der Waals surface area contributed by atoms with Crippen LogP contribution in [0.25, 0.3) is 0 Å². The van der Waals surface area contributed by atoms with Gasteiger partial charge in [0.1, 0.15) is 12.4 Å². The maximum absolute atomic E-state index is 13.1. The fourth-order valence-corrected chi connectivity index (χ4v) is 2.15. The van der Waals surface area contributed by atoms with Gasteiger partial charge in [-0.25, -0.2) is 9.38 Å². The molecule has 0 saturated carbocycles. The van der Waals surface area contributed by atoms with Gasteiger partial charge in [0.2, 0.25) is 5.89 Å².